The van der Waals surface area contributed by atoms with E-state index in [2.05, 4.69) is 20.3 Å². The van der Waals surface area contributed by atoms with E-state index >= 15 is 0 Å². The van der Waals surface area contributed by atoms with E-state index in [9.17, 15) is 9.59 Å². The molecule has 152 valence electrons. The van der Waals surface area contributed by atoms with Crippen LogP contribution < -0.4 is 10.9 Å². The minimum atomic E-state index is -0.113. The highest BCUT2D eigenvalue weighted by atomic mass is 32.1. The summed E-state index contributed by atoms with van der Waals surface area (Å²) in [5, 5.41) is 6.69. The van der Waals surface area contributed by atoms with Crippen molar-refractivity contribution < 1.29 is 4.79 Å². The topological polar surface area (TPSA) is 87.7 Å². The normalized spacial score (nSPS) is 13.0. The summed E-state index contributed by atoms with van der Waals surface area (Å²) in [6, 6.07) is 7.67. The maximum Gasteiger partial charge on any atom is 0.259 e. The number of carbonyl (C=O) groups excluding carboxylic acids is 1. The second-order valence-corrected chi connectivity index (χ2v) is 9.58. The number of rotatable bonds is 5. The Morgan fingerprint density at radius 1 is 1.27 bits per heavy atom. The molecule has 6 nitrogen and oxygen atoms in total. The van der Waals surface area contributed by atoms with E-state index in [1.54, 1.807) is 22.7 Å². The summed E-state index contributed by atoms with van der Waals surface area (Å²) < 4.78 is 0. The van der Waals surface area contributed by atoms with Crippen LogP contribution in [0.5, 0.6) is 0 Å². The summed E-state index contributed by atoms with van der Waals surface area (Å²) in [7, 11) is 0. The van der Waals surface area contributed by atoms with Crippen molar-refractivity contribution in [3.8, 4) is 11.3 Å². The van der Waals surface area contributed by atoms with Crippen molar-refractivity contribution in [2.75, 3.05) is 5.32 Å². The fraction of sp³-hybridized carbons (Fsp3) is 0.273. The van der Waals surface area contributed by atoms with Crippen LogP contribution in [0, 0.1) is 6.92 Å². The van der Waals surface area contributed by atoms with Gasteiger partial charge in [0.1, 0.15) is 10.7 Å². The molecule has 0 aliphatic heterocycles. The number of fused-ring (bicyclic) bond motifs is 3. The Balaban J connectivity index is 1.27. The third-order valence-corrected chi connectivity index (χ3v) is 7.23. The monoisotopic (exact) mass is 436 g/mol. The Labute approximate surface area is 181 Å². The summed E-state index contributed by atoms with van der Waals surface area (Å²) in [5.41, 5.74) is 3.70. The van der Waals surface area contributed by atoms with Crippen molar-refractivity contribution in [3.63, 3.8) is 0 Å². The van der Waals surface area contributed by atoms with E-state index in [0.29, 0.717) is 12.2 Å². The summed E-state index contributed by atoms with van der Waals surface area (Å²) in [4.78, 5) is 39.0. The van der Waals surface area contributed by atoms with Crippen molar-refractivity contribution in [2.45, 2.75) is 39.0 Å². The van der Waals surface area contributed by atoms with Crippen LogP contribution in [0.2, 0.25) is 0 Å². The second kappa shape index (κ2) is 7.77. The quantitative estimate of drug-likeness (QED) is 0.483. The predicted molar refractivity (Wildman–Crippen MR) is 122 cm³/mol. The lowest BCUT2D eigenvalue weighted by Gasteiger charge is -2.07. The van der Waals surface area contributed by atoms with Crippen LogP contribution in [-0.2, 0) is 24.1 Å². The van der Waals surface area contributed by atoms with Gasteiger partial charge in [0.2, 0.25) is 5.91 Å². The molecule has 0 saturated heterocycles. The first-order chi connectivity index (χ1) is 14.6. The number of anilines is 1. The van der Waals surface area contributed by atoms with Crippen LogP contribution in [0.15, 0.2) is 34.4 Å². The molecule has 0 atom stereocenters. The zero-order chi connectivity index (χ0) is 20.7. The largest absolute Gasteiger partial charge is 0.326 e. The zero-order valence-corrected chi connectivity index (χ0v) is 18.1. The average Bonchev–Trinajstić information content (AvgIpc) is 3.42. The highest BCUT2D eigenvalue weighted by molar-refractivity contribution is 7.18. The predicted octanol–water partition coefficient (Wildman–Crippen LogP) is 4.48. The fourth-order valence-corrected chi connectivity index (χ4v) is 5.78. The number of hydrogen-bond donors (Lipinski definition) is 2. The van der Waals surface area contributed by atoms with Crippen LogP contribution >= 0.6 is 22.7 Å². The average molecular weight is 437 g/mol. The lowest BCUT2D eigenvalue weighted by atomic mass is 10.1. The number of nitrogens with zero attached hydrogens (tertiary/aromatic N) is 2. The van der Waals surface area contributed by atoms with E-state index in [-0.39, 0.29) is 17.9 Å². The van der Waals surface area contributed by atoms with Gasteiger partial charge in [0.15, 0.2) is 0 Å². The number of aromatic nitrogens is 3. The van der Waals surface area contributed by atoms with Crippen LogP contribution in [0.1, 0.15) is 34.1 Å². The van der Waals surface area contributed by atoms with Crippen LogP contribution in [0.4, 0.5) is 5.69 Å². The molecule has 2 N–H and O–H groups in total. The van der Waals surface area contributed by atoms with E-state index in [1.165, 1.54) is 10.4 Å². The number of aromatic amines is 1. The van der Waals surface area contributed by atoms with Gasteiger partial charge >= 0.3 is 0 Å². The molecule has 1 amide bonds. The Hall–Kier alpha value is -2.84. The lowest BCUT2D eigenvalue weighted by Crippen LogP contribution is -2.16. The van der Waals surface area contributed by atoms with Gasteiger partial charge in [-0.15, -0.1) is 22.7 Å². The number of nitrogens with one attached hydrogen (secondary N) is 2. The lowest BCUT2D eigenvalue weighted by molar-refractivity contribution is -0.116. The Kier molecular flexibility index (Phi) is 4.96. The number of thiophene rings is 1. The molecule has 1 aliphatic rings. The molecule has 0 fully saturated rings. The van der Waals surface area contributed by atoms with Crippen LogP contribution in [-0.4, -0.2) is 20.9 Å². The number of hydrogen-bond acceptors (Lipinski definition) is 6. The molecule has 8 heteroatoms. The van der Waals surface area contributed by atoms with Gasteiger partial charge in [-0.2, -0.15) is 0 Å². The number of carbonyl (C=O) groups is 1. The van der Waals surface area contributed by atoms with Gasteiger partial charge in [-0.1, -0.05) is 12.1 Å². The van der Waals surface area contributed by atoms with E-state index in [0.717, 1.165) is 51.4 Å². The molecule has 0 bridgehead atoms. The van der Waals surface area contributed by atoms with Gasteiger partial charge in [-0.3, -0.25) is 9.59 Å². The standard InChI is InChI=1S/C22H20N4O2S2/c1-12-23-16(11-29-12)13-4-2-5-14(10-13)24-19(27)9-8-18-25-21(28)20-15-6-3-7-17(15)30-22(20)26-18/h2,4-5,10-11H,3,6-9H2,1H3,(H,24,27)(H,25,26,28). The van der Waals surface area contributed by atoms with Gasteiger partial charge in [0, 0.05) is 34.3 Å². The highest BCUT2D eigenvalue weighted by Crippen LogP contribution is 2.34. The number of amides is 1. The molecule has 0 radical (unpaired) electrons. The minimum Gasteiger partial charge on any atom is -0.326 e. The van der Waals surface area contributed by atoms with E-state index in [1.807, 2.05) is 36.6 Å². The molecule has 5 rings (SSSR count). The minimum absolute atomic E-state index is 0.0823. The first kappa shape index (κ1) is 19.1. The Morgan fingerprint density at radius 3 is 3.00 bits per heavy atom. The van der Waals surface area contributed by atoms with Crippen molar-refractivity contribution in [1.29, 1.82) is 0 Å². The van der Waals surface area contributed by atoms with Gasteiger partial charge in [-0.05, 0) is 43.9 Å². The first-order valence-corrected chi connectivity index (χ1v) is 11.6. The highest BCUT2D eigenvalue weighted by Gasteiger charge is 2.21. The second-order valence-electron chi connectivity index (χ2n) is 7.43. The van der Waals surface area contributed by atoms with Crippen molar-refractivity contribution in [3.05, 3.63) is 61.3 Å². The third-order valence-electron chi connectivity index (χ3n) is 5.27. The Bertz CT molecular complexity index is 1320. The molecule has 0 unspecified atom stereocenters. The number of aryl methyl sites for hydroxylation is 4. The maximum absolute atomic E-state index is 12.5. The molecule has 1 aliphatic carbocycles. The first-order valence-electron chi connectivity index (χ1n) is 9.93. The smallest absolute Gasteiger partial charge is 0.259 e. The van der Waals surface area contributed by atoms with Gasteiger partial charge in [-0.25, -0.2) is 9.97 Å². The maximum atomic E-state index is 12.5. The number of H-pyrrole nitrogens is 1. The van der Waals surface area contributed by atoms with E-state index in [4.69, 9.17) is 0 Å². The molecule has 3 heterocycles. The number of thiazole rings is 1. The molecular formula is C22H20N4O2S2. The van der Waals surface area contributed by atoms with Crippen LogP contribution in [0.25, 0.3) is 21.5 Å². The zero-order valence-electron chi connectivity index (χ0n) is 16.4. The molecule has 1 aromatic carbocycles. The van der Waals surface area contributed by atoms with Crippen molar-refractivity contribution in [2.24, 2.45) is 0 Å². The summed E-state index contributed by atoms with van der Waals surface area (Å²) in [5.74, 6) is 0.451. The molecule has 30 heavy (non-hydrogen) atoms. The van der Waals surface area contributed by atoms with Crippen LogP contribution in [0.3, 0.4) is 0 Å². The third kappa shape index (κ3) is 3.68. The van der Waals surface area contributed by atoms with E-state index < -0.39 is 0 Å². The molecule has 0 saturated carbocycles. The van der Waals surface area contributed by atoms with Crippen molar-refractivity contribution >= 4 is 44.5 Å². The molecule has 3 aromatic heterocycles. The molecular weight excluding hydrogens is 416 g/mol. The van der Waals surface area contributed by atoms with Gasteiger partial charge in [0.05, 0.1) is 16.1 Å². The SMILES string of the molecule is Cc1nc(-c2cccc(NC(=O)CCc3nc4sc5c(c4c(=O)[nH]3)CCC5)c2)cs1. The van der Waals surface area contributed by atoms with Gasteiger partial charge < -0.3 is 10.3 Å². The number of benzene rings is 1. The molecule has 0 spiro atoms. The van der Waals surface area contributed by atoms with Gasteiger partial charge in [0.25, 0.3) is 5.56 Å². The molecule has 4 aromatic rings. The van der Waals surface area contributed by atoms with Crippen molar-refractivity contribution in [1.82, 2.24) is 15.0 Å². The fourth-order valence-electron chi connectivity index (χ4n) is 3.87. The Morgan fingerprint density at radius 2 is 2.17 bits per heavy atom. The summed E-state index contributed by atoms with van der Waals surface area (Å²) >= 11 is 3.22. The summed E-state index contributed by atoms with van der Waals surface area (Å²) in [6.07, 6.45) is 3.75. The summed E-state index contributed by atoms with van der Waals surface area (Å²) in [6.45, 7) is 1.97.